The highest BCUT2D eigenvalue weighted by molar-refractivity contribution is 7.89. The van der Waals surface area contributed by atoms with Crippen LogP contribution in [0.1, 0.15) is 22.4 Å². The van der Waals surface area contributed by atoms with Crippen molar-refractivity contribution in [2.45, 2.75) is 32.2 Å². The first-order valence-corrected chi connectivity index (χ1v) is 8.99. The van der Waals surface area contributed by atoms with E-state index in [1.54, 1.807) is 6.07 Å². The zero-order valence-corrected chi connectivity index (χ0v) is 14.3. The molecule has 2 N–H and O–H groups in total. The molecule has 0 bridgehead atoms. The molecular weight excluding hydrogens is 308 g/mol. The molecule has 0 unspecified atom stereocenters. The average molecular weight is 328 g/mol. The summed E-state index contributed by atoms with van der Waals surface area (Å²) in [7, 11) is -3.51. The van der Waals surface area contributed by atoms with Gasteiger partial charge in [-0.3, -0.25) is 0 Å². The van der Waals surface area contributed by atoms with Crippen molar-refractivity contribution < 1.29 is 8.42 Å². The number of sulfonamides is 1. The van der Waals surface area contributed by atoms with Gasteiger partial charge in [0, 0.05) is 17.8 Å². The summed E-state index contributed by atoms with van der Waals surface area (Å²) >= 11 is 0. The van der Waals surface area contributed by atoms with E-state index in [9.17, 15) is 8.42 Å². The third-order valence-electron chi connectivity index (χ3n) is 3.91. The van der Waals surface area contributed by atoms with Gasteiger partial charge < -0.3 is 4.98 Å². The van der Waals surface area contributed by atoms with E-state index in [1.165, 1.54) is 0 Å². The zero-order chi connectivity index (χ0) is 16.6. The summed E-state index contributed by atoms with van der Waals surface area (Å²) in [6.07, 6.45) is 0. The average Bonchev–Trinajstić information content (AvgIpc) is 2.84. The number of rotatable bonds is 4. The number of aromatic amines is 1. The minimum Gasteiger partial charge on any atom is -0.359 e. The summed E-state index contributed by atoms with van der Waals surface area (Å²) in [5.74, 6) is 0. The topological polar surface area (TPSA) is 62.0 Å². The third kappa shape index (κ3) is 3.30. The highest BCUT2D eigenvalue weighted by Crippen LogP contribution is 2.19. The van der Waals surface area contributed by atoms with Gasteiger partial charge in [0.15, 0.2) is 0 Å². The molecule has 3 rings (SSSR count). The van der Waals surface area contributed by atoms with E-state index in [1.807, 2.05) is 51.1 Å². The van der Waals surface area contributed by atoms with Crippen LogP contribution in [0.15, 0.2) is 47.4 Å². The highest BCUT2D eigenvalue weighted by Gasteiger charge is 2.16. The van der Waals surface area contributed by atoms with Crippen molar-refractivity contribution in [3.63, 3.8) is 0 Å². The Labute approximate surface area is 136 Å². The highest BCUT2D eigenvalue weighted by atomic mass is 32.2. The van der Waals surface area contributed by atoms with Crippen LogP contribution in [-0.4, -0.2) is 13.4 Å². The van der Waals surface area contributed by atoms with Gasteiger partial charge in [-0.15, -0.1) is 0 Å². The lowest BCUT2D eigenvalue weighted by molar-refractivity contribution is 0.580. The minimum absolute atomic E-state index is 0.274. The van der Waals surface area contributed by atoms with Crippen molar-refractivity contribution in [1.29, 1.82) is 0 Å². The normalized spacial score (nSPS) is 12.0. The van der Waals surface area contributed by atoms with Crippen molar-refractivity contribution in [1.82, 2.24) is 9.71 Å². The fourth-order valence-electron chi connectivity index (χ4n) is 2.79. The zero-order valence-electron chi connectivity index (χ0n) is 13.5. The molecular formula is C18H20N2O2S. The van der Waals surface area contributed by atoms with Gasteiger partial charge in [0.25, 0.3) is 0 Å². The molecule has 0 radical (unpaired) electrons. The molecule has 0 spiro atoms. The van der Waals surface area contributed by atoms with E-state index in [0.29, 0.717) is 4.90 Å². The molecule has 0 saturated carbocycles. The minimum atomic E-state index is -3.51. The van der Waals surface area contributed by atoms with E-state index in [2.05, 4.69) is 15.8 Å². The number of hydrogen-bond donors (Lipinski definition) is 2. The molecule has 0 atom stereocenters. The van der Waals surface area contributed by atoms with Crippen LogP contribution in [0.2, 0.25) is 0 Å². The maximum Gasteiger partial charge on any atom is 0.241 e. The number of aryl methyl sites for hydroxylation is 3. The summed E-state index contributed by atoms with van der Waals surface area (Å²) < 4.78 is 27.7. The van der Waals surface area contributed by atoms with Gasteiger partial charge in [0.2, 0.25) is 10.0 Å². The Hall–Kier alpha value is -2.11. The van der Waals surface area contributed by atoms with Crippen LogP contribution >= 0.6 is 0 Å². The van der Waals surface area contributed by atoms with E-state index in [0.717, 1.165) is 33.3 Å². The van der Waals surface area contributed by atoms with Gasteiger partial charge in [0.1, 0.15) is 0 Å². The molecule has 0 aliphatic heterocycles. The summed E-state index contributed by atoms with van der Waals surface area (Å²) in [4.78, 5) is 3.59. The Bertz CT molecular complexity index is 972. The largest absolute Gasteiger partial charge is 0.359 e. The summed E-state index contributed by atoms with van der Waals surface area (Å²) in [5, 5.41) is 1.09. The Balaban J connectivity index is 1.82. The van der Waals surface area contributed by atoms with Crippen molar-refractivity contribution >= 4 is 20.9 Å². The van der Waals surface area contributed by atoms with Crippen molar-refractivity contribution in [3.05, 3.63) is 64.8 Å². The molecule has 23 heavy (non-hydrogen) atoms. The lowest BCUT2D eigenvalue weighted by atomic mass is 10.1. The van der Waals surface area contributed by atoms with Crippen LogP contribution in [0.25, 0.3) is 10.9 Å². The Morgan fingerprint density at radius 2 is 1.78 bits per heavy atom. The number of benzene rings is 2. The van der Waals surface area contributed by atoms with Gasteiger partial charge in [-0.2, -0.15) is 0 Å². The standard InChI is InChI=1S/C18H20N2O2S/c1-12-4-7-18(13(2)8-12)23(21,22)19-11-15-5-6-17-16(10-15)9-14(3)20-17/h4-10,19-20H,11H2,1-3H3. The molecule has 0 aliphatic carbocycles. The molecule has 1 heterocycles. The number of hydrogen-bond acceptors (Lipinski definition) is 2. The van der Waals surface area contributed by atoms with Crippen LogP contribution in [0.4, 0.5) is 0 Å². The monoisotopic (exact) mass is 328 g/mol. The Morgan fingerprint density at radius 3 is 2.52 bits per heavy atom. The quantitative estimate of drug-likeness (QED) is 0.769. The fourth-order valence-corrected chi connectivity index (χ4v) is 4.04. The Morgan fingerprint density at radius 1 is 1.00 bits per heavy atom. The van der Waals surface area contributed by atoms with Gasteiger partial charge in [-0.25, -0.2) is 13.1 Å². The molecule has 5 heteroatoms. The van der Waals surface area contributed by atoms with Crippen molar-refractivity contribution in [2.75, 3.05) is 0 Å². The molecule has 120 valence electrons. The molecule has 0 aliphatic rings. The second-order valence-corrected chi connectivity index (χ2v) is 7.70. The number of nitrogens with one attached hydrogen (secondary N) is 2. The van der Waals surface area contributed by atoms with Crippen LogP contribution in [-0.2, 0) is 16.6 Å². The predicted molar refractivity (Wildman–Crippen MR) is 93.0 cm³/mol. The van der Waals surface area contributed by atoms with Crippen molar-refractivity contribution in [2.24, 2.45) is 0 Å². The first kappa shape index (κ1) is 15.8. The second-order valence-electron chi connectivity index (χ2n) is 5.97. The van der Waals surface area contributed by atoms with Crippen LogP contribution < -0.4 is 4.72 Å². The third-order valence-corrected chi connectivity index (χ3v) is 5.47. The van der Waals surface area contributed by atoms with Crippen LogP contribution in [0.3, 0.4) is 0 Å². The Kier molecular flexibility index (Phi) is 4.00. The van der Waals surface area contributed by atoms with E-state index in [4.69, 9.17) is 0 Å². The molecule has 0 amide bonds. The van der Waals surface area contributed by atoms with Crippen molar-refractivity contribution in [3.8, 4) is 0 Å². The van der Waals surface area contributed by atoms with E-state index < -0.39 is 10.0 Å². The molecule has 4 nitrogen and oxygen atoms in total. The molecule has 1 aromatic heterocycles. The predicted octanol–water partition coefficient (Wildman–Crippen LogP) is 3.57. The maximum absolute atomic E-state index is 12.5. The number of H-pyrrole nitrogens is 1. The summed E-state index contributed by atoms with van der Waals surface area (Å²) in [6, 6.07) is 13.3. The van der Waals surface area contributed by atoms with Gasteiger partial charge in [0.05, 0.1) is 4.90 Å². The molecule has 2 aromatic carbocycles. The van der Waals surface area contributed by atoms with E-state index >= 15 is 0 Å². The van der Waals surface area contributed by atoms with E-state index in [-0.39, 0.29) is 6.54 Å². The summed E-state index contributed by atoms with van der Waals surface area (Å²) in [6.45, 7) is 6.04. The summed E-state index contributed by atoms with van der Waals surface area (Å²) in [5.41, 5.74) is 4.89. The van der Waals surface area contributed by atoms with Gasteiger partial charge in [-0.1, -0.05) is 23.8 Å². The smallest absolute Gasteiger partial charge is 0.241 e. The van der Waals surface area contributed by atoms with Gasteiger partial charge in [-0.05, 0) is 61.5 Å². The second kappa shape index (κ2) is 5.83. The molecule has 0 saturated heterocycles. The van der Waals surface area contributed by atoms with Gasteiger partial charge >= 0.3 is 0 Å². The maximum atomic E-state index is 12.5. The molecule has 3 aromatic rings. The lowest BCUT2D eigenvalue weighted by Gasteiger charge is -2.10. The SMILES string of the molecule is Cc1ccc(S(=O)(=O)NCc2ccc3[nH]c(C)cc3c2)c(C)c1. The number of aromatic nitrogens is 1. The first-order valence-electron chi connectivity index (χ1n) is 7.50. The first-order chi connectivity index (χ1) is 10.8. The fraction of sp³-hybridized carbons (Fsp3) is 0.222. The van der Waals surface area contributed by atoms with Crippen LogP contribution in [0.5, 0.6) is 0 Å². The molecule has 0 fully saturated rings. The van der Waals surface area contributed by atoms with Crippen LogP contribution in [0, 0.1) is 20.8 Å². The lowest BCUT2D eigenvalue weighted by Crippen LogP contribution is -2.24. The number of fused-ring (bicyclic) bond motifs is 1.